The molecule has 168 valence electrons. The summed E-state index contributed by atoms with van der Waals surface area (Å²) in [6.07, 6.45) is 2.24. The maximum atomic E-state index is 13.3. The van der Waals surface area contributed by atoms with E-state index >= 15 is 0 Å². The van der Waals surface area contributed by atoms with Crippen molar-refractivity contribution in [1.29, 1.82) is 0 Å². The van der Waals surface area contributed by atoms with E-state index in [1.54, 1.807) is 13.2 Å². The summed E-state index contributed by atoms with van der Waals surface area (Å²) in [5, 5.41) is 3.93. The summed E-state index contributed by atoms with van der Waals surface area (Å²) in [5.74, 6) is 1.32. The summed E-state index contributed by atoms with van der Waals surface area (Å²) >= 11 is 0. The van der Waals surface area contributed by atoms with Crippen LogP contribution >= 0.6 is 0 Å². The van der Waals surface area contributed by atoms with E-state index < -0.39 is 0 Å². The van der Waals surface area contributed by atoms with Crippen molar-refractivity contribution in [2.24, 2.45) is 0 Å². The molecule has 7 heteroatoms. The number of hydrogen-bond donors (Lipinski definition) is 1. The van der Waals surface area contributed by atoms with Gasteiger partial charge in [0.15, 0.2) is 5.65 Å². The molecule has 4 aromatic rings. The molecule has 1 amide bonds. The lowest BCUT2D eigenvalue weighted by molar-refractivity contribution is 0.101. The van der Waals surface area contributed by atoms with Gasteiger partial charge in [-0.25, -0.2) is 9.97 Å². The molecule has 0 spiro atoms. The topological polar surface area (TPSA) is 72.3 Å². The minimum Gasteiger partial charge on any atom is -0.497 e. The highest BCUT2D eigenvalue weighted by Gasteiger charge is 2.26. The standard InChI is InChI=1S/C26H27N5O2/c1-17-18(2)31(20-11-5-4-6-12-20)25-22(17)24(30-14-7-8-15-30)28-23(29-25)26(32)27-19-10-9-13-21(16-19)33-3/h4-6,9-13,16H,7-8,14-15H2,1-3H3,(H,27,32). The van der Waals surface area contributed by atoms with Crippen LogP contribution in [0.5, 0.6) is 5.75 Å². The highest BCUT2D eigenvalue weighted by Crippen LogP contribution is 2.35. The predicted octanol–water partition coefficient (Wildman–Crippen LogP) is 4.90. The smallest absolute Gasteiger partial charge is 0.293 e. The summed E-state index contributed by atoms with van der Waals surface area (Å²) in [6.45, 7) is 6.06. The molecule has 0 atom stereocenters. The number of para-hydroxylation sites is 1. The molecule has 3 heterocycles. The summed E-state index contributed by atoms with van der Waals surface area (Å²) in [6, 6.07) is 17.4. The number of nitrogens with one attached hydrogen (secondary N) is 1. The summed E-state index contributed by atoms with van der Waals surface area (Å²) in [7, 11) is 1.60. The fraction of sp³-hybridized carbons (Fsp3) is 0.269. The van der Waals surface area contributed by atoms with Crippen LogP contribution in [0.3, 0.4) is 0 Å². The third-order valence-electron chi connectivity index (χ3n) is 6.29. The molecule has 1 aliphatic rings. The number of benzene rings is 2. The van der Waals surface area contributed by atoms with E-state index in [1.165, 1.54) is 0 Å². The Balaban J connectivity index is 1.67. The Morgan fingerprint density at radius 3 is 2.48 bits per heavy atom. The first-order chi connectivity index (χ1) is 16.1. The van der Waals surface area contributed by atoms with Crippen molar-refractivity contribution in [3.05, 3.63) is 71.7 Å². The summed E-state index contributed by atoms with van der Waals surface area (Å²) in [5.41, 5.74) is 4.63. The third-order valence-corrected chi connectivity index (χ3v) is 6.29. The lowest BCUT2D eigenvalue weighted by atomic mass is 10.2. The van der Waals surface area contributed by atoms with Crippen LogP contribution < -0.4 is 15.0 Å². The molecule has 2 aromatic heterocycles. The molecule has 0 radical (unpaired) electrons. The Kier molecular flexibility index (Phi) is 5.46. The lowest BCUT2D eigenvalue weighted by Crippen LogP contribution is -2.23. The highest BCUT2D eigenvalue weighted by molar-refractivity contribution is 6.04. The zero-order chi connectivity index (χ0) is 22.9. The van der Waals surface area contributed by atoms with Crippen LogP contribution in [0.2, 0.25) is 0 Å². The Hall–Kier alpha value is -3.87. The van der Waals surface area contributed by atoms with Crippen LogP contribution in [-0.4, -0.2) is 40.6 Å². The Morgan fingerprint density at radius 2 is 1.76 bits per heavy atom. The van der Waals surface area contributed by atoms with Crippen LogP contribution in [0, 0.1) is 13.8 Å². The maximum Gasteiger partial charge on any atom is 0.293 e. The fourth-order valence-corrected chi connectivity index (χ4v) is 4.48. The number of rotatable bonds is 5. The van der Waals surface area contributed by atoms with Gasteiger partial charge in [0.2, 0.25) is 5.82 Å². The monoisotopic (exact) mass is 441 g/mol. The Labute approximate surface area is 193 Å². The van der Waals surface area contributed by atoms with Crippen molar-refractivity contribution >= 4 is 28.4 Å². The van der Waals surface area contributed by atoms with Gasteiger partial charge in [-0.3, -0.25) is 9.36 Å². The van der Waals surface area contributed by atoms with Crippen molar-refractivity contribution < 1.29 is 9.53 Å². The van der Waals surface area contributed by atoms with Crippen LogP contribution in [0.15, 0.2) is 54.6 Å². The zero-order valence-corrected chi connectivity index (χ0v) is 19.1. The number of carbonyl (C=O) groups is 1. The number of anilines is 2. The Bertz CT molecular complexity index is 1320. The first-order valence-electron chi connectivity index (χ1n) is 11.2. The number of nitrogens with zero attached hydrogens (tertiary/aromatic N) is 4. The second-order valence-electron chi connectivity index (χ2n) is 8.33. The van der Waals surface area contributed by atoms with Gasteiger partial charge in [0, 0.05) is 36.2 Å². The molecule has 1 N–H and O–H groups in total. The third kappa shape index (κ3) is 3.80. The Morgan fingerprint density at radius 1 is 1.00 bits per heavy atom. The van der Waals surface area contributed by atoms with E-state index in [1.807, 2.05) is 36.4 Å². The van der Waals surface area contributed by atoms with Crippen molar-refractivity contribution in [3.63, 3.8) is 0 Å². The quantitative estimate of drug-likeness (QED) is 0.477. The van der Waals surface area contributed by atoms with Gasteiger partial charge in [-0.1, -0.05) is 24.3 Å². The van der Waals surface area contributed by atoms with Crippen LogP contribution in [0.1, 0.15) is 34.7 Å². The number of amides is 1. The minimum atomic E-state index is -0.346. The van der Waals surface area contributed by atoms with Gasteiger partial charge in [0.25, 0.3) is 5.91 Å². The molecule has 0 bridgehead atoms. The average molecular weight is 442 g/mol. The van der Waals surface area contributed by atoms with E-state index in [4.69, 9.17) is 14.7 Å². The second-order valence-corrected chi connectivity index (χ2v) is 8.33. The van der Waals surface area contributed by atoms with E-state index in [9.17, 15) is 4.79 Å². The zero-order valence-electron chi connectivity index (χ0n) is 19.1. The molecule has 1 fully saturated rings. The highest BCUT2D eigenvalue weighted by atomic mass is 16.5. The van der Waals surface area contributed by atoms with E-state index in [-0.39, 0.29) is 11.7 Å². The van der Waals surface area contributed by atoms with Crippen molar-refractivity contribution in [3.8, 4) is 11.4 Å². The molecule has 1 saturated heterocycles. The van der Waals surface area contributed by atoms with Gasteiger partial charge < -0.3 is 15.0 Å². The van der Waals surface area contributed by atoms with Crippen LogP contribution in [0.25, 0.3) is 16.7 Å². The fourth-order valence-electron chi connectivity index (χ4n) is 4.48. The van der Waals surface area contributed by atoms with Crippen LogP contribution in [-0.2, 0) is 0 Å². The van der Waals surface area contributed by atoms with Gasteiger partial charge in [0.1, 0.15) is 11.6 Å². The largest absolute Gasteiger partial charge is 0.497 e. The van der Waals surface area contributed by atoms with Gasteiger partial charge in [0.05, 0.1) is 12.5 Å². The van der Waals surface area contributed by atoms with E-state index in [0.717, 1.165) is 59.7 Å². The molecule has 5 rings (SSSR count). The van der Waals surface area contributed by atoms with E-state index in [2.05, 4.69) is 40.8 Å². The van der Waals surface area contributed by atoms with Crippen molar-refractivity contribution in [2.45, 2.75) is 26.7 Å². The molecule has 2 aromatic carbocycles. The molecule has 1 aliphatic heterocycles. The molecule has 0 unspecified atom stereocenters. The number of carbonyl (C=O) groups excluding carboxylic acids is 1. The maximum absolute atomic E-state index is 13.3. The van der Waals surface area contributed by atoms with Gasteiger partial charge >= 0.3 is 0 Å². The molecular formula is C26H27N5O2. The SMILES string of the molecule is COc1cccc(NC(=O)c2nc(N3CCCC3)c3c(C)c(C)n(-c4ccccc4)c3n2)c1. The van der Waals surface area contributed by atoms with Gasteiger partial charge in [-0.2, -0.15) is 0 Å². The number of ether oxygens (including phenoxy) is 1. The first-order valence-corrected chi connectivity index (χ1v) is 11.2. The lowest BCUT2D eigenvalue weighted by Gasteiger charge is -2.19. The average Bonchev–Trinajstić information content (AvgIpc) is 3.46. The van der Waals surface area contributed by atoms with Gasteiger partial charge in [-0.15, -0.1) is 0 Å². The molecule has 0 aliphatic carbocycles. The van der Waals surface area contributed by atoms with Crippen molar-refractivity contribution in [1.82, 2.24) is 14.5 Å². The normalized spacial score (nSPS) is 13.5. The number of fused-ring (bicyclic) bond motifs is 1. The van der Waals surface area contributed by atoms with Crippen molar-refractivity contribution in [2.75, 3.05) is 30.4 Å². The number of aromatic nitrogens is 3. The first kappa shape index (κ1) is 21.0. The van der Waals surface area contributed by atoms with Gasteiger partial charge in [-0.05, 0) is 56.5 Å². The molecular weight excluding hydrogens is 414 g/mol. The number of aryl methyl sites for hydroxylation is 1. The number of hydrogen-bond acceptors (Lipinski definition) is 5. The second kappa shape index (κ2) is 8.58. The molecule has 33 heavy (non-hydrogen) atoms. The molecule has 7 nitrogen and oxygen atoms in total. The minimum absolute atomic E-state index is 0.155. The number of methoxy groups -OCH3 is 1. The molecule has 0 saturated carbocycles. The predicted molar refractivity (Wildman–Crippen MR) is 131 cm³/mol. The summed E-state index contributed by atoms with van der Waals surface area (Å²) in [4.78, 5) is 25.1. The summed E-state index contributed by atoms with van der Waals surface area (Å²) < 4.78 is 7.39. The van der Waals surface area contributed by atoms with E-state index in [0.29, 0.717) is 11.4 Å². The van der Waals surface area contributed by atoms with Crippen LogP contribution in [0.4, 0.5) is 11.5 Å².